The number of phenols is 1. The van der Waals surface area contributed by atoms with Gasteiger partial charge in [0.2, 0.25) is 5.91 Å². The van der Waals surface area contributed by atoms with Crippen LogP contribution >= 0.6 is 11.6 Å². The number of hydrogen-bond acceptors (Lipinski definition) is 3. The first kappa shape index (κ1) is 17.9. The molecule has 1 aromatic carbocycles. The zero-order chi connectivity index (χ0) is 19.0. The first-order chi connectivity index (χ1) is 13.0. The number of aromatic hydroxyl groups is 1. The van der Waals surface area contributed by atoms with Gasteiger partial charge in [0, 0.05) is 25.3 Å². The largest absolute Gasteiger partial charge is 0.506 e. The molecule has 1 atom stereocenters. The number of aromatic nitrogens is 1. The number of rotatable bonds is 4. The molecule has 1 spiro atoms. The van der Waals surface area contributed by atoms with Crippen LogP contribution in [0, 0.1) is 5.41 Å². The number of benzene rings is 1. The number of nitrogens with one attached hydrogen (secondary N) is 2. The molecule has 2 aliphatic rings. The summed E-state index contributed by atoms with van der Waals surface area (Å²) in [7, 11) is 0. The normalized spacial score (nSPS) is 20.5. The fourth-order valence-electron chi connectivity index (χ4n) is 3.98. The third-order valence-electron chi connectivity index (χ3n) is 5.78. The summed E-state index contributed by atoms with van der Waals surface area (Å²) in [6.45, 7) is 1.44. The lowest BCUT2D eigenvalue weighted by atomic mass is 9.92. The van der Waals surface area contributed by atoms with Gasteiger partial charge in [0.05, 0.1) is 11.4 Å². The number of hydrogen-bond donors (Lipinski definition) is 3. The van der Waals surface area contributed by atoms with E-state index in [1.807, 2.05) is 11.0 Å². The minimum Gasteiger partial charge on any atom is -0.506 e. The fourth-order valence-corrected chi connectivity index (χ4v) is 4.19. The molecule has 1 aliphatic heterocycles. The van der Waals surface area contributed by atoms with Crippen LogP contribution in [0.5, 0.6) is 5.75 Å². The van der Waals surface area contributed by atoms with Crippen LogP contribution in [0.3, 0.4) is 0 Å². The maximum absolute atomic E-state index is 12.4. The Balaban J connectivity index is 1.28. The van der Waals surface area contributed by atoms with E-state index in [0.29, 0.717) is 5.69 Å². The Morgan fingerprint density at radius 1 is 1.30 bits per heavy atom. The van der Waals surface area contributed by atoms with Crippen LogP contribution < -0.4 is 5.32 Å². The molecule has 0 radical (unpaired) electrons. The van der Waals surface area contributed by atoms with E-state index in [0.717, 1.165) is 37.9 Å². The van der Waals surface area contributed by atoms with E-state index >= 15 is 0 Å². The Hall–Kier alpha value is -2.47. The van der Waals surface area contributed by atoms with Gasteiger partial charge in [0.25, 0.3) is 5.91 Å². The first-order valence-electron chi connectivity index (χ1n) is 9.16. The summed E-state index contributed by atoms with van der Waals surface area (Å²) < 4.78 is 0. The van der Waals surface area contributed by atoms with E-state index in [4.69, 9.17) is 11.6 Å². The van der Waals surface area contributed by atoms with E-state index in [1.165, 1.54) is 6.07 Å². The minimum absolute atomic E-state index is 0.0163. The summed E-state index contributed by atoms with van der Waals surface area (Å²) in [6, 6.07) is 8.62. The third-order valence-corrected chi connectivity index (χ3v) is 6.08. The molecule has 142 valence electrons. The number of likely N-dealkylation sites (tertiary alicyclic amines) is 1. The van der Waals surface area contributed by atoms with Crippen LogP contribution in [0.2, 0.25) is 5.02 Å². The number of nitrogens with zero attached hydrogens (tertiary/aromatic N) is 1. The summed E-state index contributed by atoms with van der Waals surface area (Å²) in [6.07, 6.45) is 4.79. The lowest BCUT2D eigenvalue weighted by molar-refractivity contribution is -0.120. The van der Waals surface area contributed by atoms with Crippen LogP contribution in [0.4, 0.5) is 0 Å². The number of H-pyrrole nitrogens is 1. The molecule has 3 N–H and O–H groups in total. The molecule has 2 heterocycles. The van der Waals surface area contributed by atoms with Gasteiger partial charge in [0.1, 0.15) is 11.4 Å². The number of aromatic amines is 1. The second kappa shape index (κ2) is 6.93. The van der Waals surface area contributed by atoms with E-state index in [2.05, 4.69) is 10.3 Å². The summed E-state index contributed by atoms with van der Waals surface area (Å²) >= 11 is 5.89. The highest BCUT2D eigenvalue weighted by Crippen LogP contribution is 2.54. The first-order valence-corrected chi connectivity index (χ1v) is 9.54. The van der Waals surface area contributed by atoms with Crippen molar-refractivity contribution in [1.29, 1.82) is 0 Å². The van der Waals surface area contributed by atoms with Gasteiger partial charge in [-0.05, 0) is 54.5 Å². The SMILES string of the molecule is O=C(Cc1ccc(O)c(Cl)c1)NC1CC12CCN(C(=O)c1ccc[nH]1)CC2. The Morgan fingerprint density at radius 2 is 2.07 bits per heavy atom. The van der Waals surface area contributed by atoms with E-state index < -0.39 is 0 Å². The number of amides is 2. The van der Waals surface area contributed by atoms with E-state index in [9.17, 15) is 14.7 Å². The van der Waals surface area contributed by atoms with Crippen molar-refractivity contribution >= 4 is 23.4 Å². The van der Waals surface area contributed by atoms with Gasteiger partial charge < -0.3 is 20.3 Å². The second-order valence-electron chi connectivity index (χ2n) is 7.53. The van der Waals surface area contributed by atoms with Crippen molar-refractivity contribution in [2.75, 3.05) is 13.1 Å². The lowest BCUT2D eigenvalue weighted by Crippen LogP contribution is -2.42. The Labute approximate surface area is 162 Å². The zero-order valence-corrected chi connectivity index (χ0v) is 15.6. The van der Waals surface area contributed by atoms with Crippen molar-refractivity contribution < 1.29 is 14.7 Å². The fraction of sp³-hybridized carbons (Fsp3) is 0.400. The molecule has 1 saturated heterocycles. The van der Waals surface area contributed by atoms with Gasteiger partial charge in [-0.1, -0.05) is 17.7 Å². The molecule has 1 aromatic heterocycles. The maximum Gasteiger partial charge on any atom is 0.270 e. The Morgan fingerprint density at radius 3 is 2.74 bits per heavy atom. The lowest BCUT2D eigenvalue weighted by Gasteiger charge is -2.32. The molecular formula is C20H22ClN3O3. The van der Waals surface area contributed by atoms with Gasteiger partial charge in [-0.25, -0.2) is 0 Å². The number of halogens is 1. The number of phenolic OH excluding ortho intramolecular Hbond substituents is 1. The van der Waals surface area contributed by atoms with Crippen molar-refractivity contribution in [1.82, 2.24) is 15.2 Å². The van der Waals surface area contributed by atoms with E-state index in [1.54, 1.807) is 24.4 Å². The molecule has 1 saturated carbocycles. The monoisotopic (exact) mass is 387 g/mol. The highest BCUT2D eigenvalue weighted by molar-refractivity contribution is 6.32. The van der Waals surface area contributed by atoms with Crippen LogP contribution in [0.15, 0.2) is 36.5 Å². The predicted octanol–water partition coefficient (Wildman–Crippen LogP) is 2.73. The molecule has 27 heavy (non-hydrogen) atoms. The highest BCUT2D eigenvalue weighted by Gasteiger charge is 2.55. The Bertz CT molecular complexity index is 857. The van der Waals surface area contributed by atoms with Crippen LogP contribution in [-0.4, -0.2) is 45.9 Å². The quantitative estimate of drug-likeness (QED) is 0.754. The molecule has 6 nitrogen and oxygen atoms in total. The predicted molar refractivity (Wildman–Crippen MR) is 102 cm³/mol. The van der Waals surface area contributed by atoms with Gasteiger partial charge in [0.15, 0.2) is 0 Å². The molecule has 2 amide bonds. The summed E-state index contributed by atoms with van der Waals surface area (Å²) in [4.78, 5) is 29.6. The average molecular weight is 388 g/mol. The number of carbonyl (C=O) groups is 2. The van der Waals surface area contributed by atoms with Crippen molar-refractivity contribution in [2.24, 2.45) is 5.41 Å². The van der Waals surface area contributed by atoms with Crippen molar-refractivity contribution in [3.8, 4) is 5.75 Å². The molecule has 0 bridgehead atoms. The van der Waals surface area contributed by atoms with Gasteiger partial charge in [-0.2, -0.15) is 0 Å². The second-order valence-corrected chi connectivity index (χ2v) is 7.93. The molecular weight excluding hydrogens is 366 g/mol. The van der Waals surface area contributed by atoms with Gasteiger partial charge in [-0.15, -0.1) is 0 Å². The summed E-state index contributed by atoms with van der Waals surface area (Å²) in [5.74, 6) is 0.0199. The van der Waals surface area contributed by atoms with Crippen molar-refractivity contribution in [3.05, 3.63) is 52.8 Å². The molecule has 7 heteroatoms. The average Bonchev–Trinajstić information content (AvgIpc) is 3.07. The number of piperidine rings is 1. The van der Waals surface area contributed by atoms with Crippen LogP contribution in [0.1, 0.15) is 35.3 Å². The van der Waals surface area contributed by atoms with E-state index in [-0.39, 0.29) is 40.5 Å². The maximum atomic E-state index is 12.4. The van der Waals surface area contributed by atoms with Crippen molar-refractivity contribution in [3.63, 3.8) is 0 Å². The third kappa shape index (κ3) is 3.67. The van der Waals surface area contributed by atoms with Gasteiger partial charge >= 0.3 is 0 Å². The molecule has 2 fully saturated rings. The van der Waals surface area contributed by atoms with Crippen molar-refractivity contribution in [2.45, 2.75) is 31.7 Å². The van der Waals surface area contributed by atoms with Gasteiger partial charge in [-0.3, -0.25) is 9.59 Å². The molecule has 2 aromatic rings. The highest BCUT2D eigenvalue weighted by atomic mass is 35.5. The smallest absolute Gasteiger partial charge is 0.270 e. The van der Waals surface area contributed by atoms with Crippen LogP contribution in [0.25, 0.3) is 0 Å². The topological polar surface area (TPSA) is 85.4 Å². The summed E-state index contributed by atoms with van der Waals surface area (Å²) in [5, 5.41) is 12.8. The Kier molecular flexibility index (Phi) is 4.60. The standard InChI is InChI=1S/C20H22ClN3O3/c21-14-10-13(3-4-16(14)25)11-18(26)23-17-12-20(17)5-8-24(9-6-20)19(27)15-2-1-7-22-15/h1-4,7,10,17,22,25H,5-6,8-9,11-12H2,(H,23,26). The summed E-state index contributed by atoms with van der Waals surface area (Å²) in [5.41, 5.74) is 1.53. The molecule has 1 aliphatic carbocycles. The minimum atomic E-state index is -0.0384. The molecule has 1 unspecified atom stereocenters. The number of carbonyl (C=O) groups excluding carboxylic acids is 2. The molecule has 4 rings (SSSR count). The van der Waals surface area contributed by atoms with Crippen LogP contribution in [-0.2, 0) is 11.2 Å². The zero-order valence-electron chi connectivity index (χ0n) is 14.9.